The lowest BCUT2D eigenvalue weighted by Gasteiger charge is -2.33. The monoisotopic (exact) mass is 346 g/mol. The summed E-state index contributed by atoms with van der Waals surface area (Å²) in [6.45, 7) is 2.07. The Labute approximate surface area is 145 Å². The van der Waals surface area contributed by atoms with Crippen molar-refractivity contribution in [3.8, 4) is 0 Å². The minimum absolute atomic E-state index is 0.0691. The summed E-state index contributed by atoms with van der Waals surface area (Å²) in [6, 6.07) is 3.99. The highest BCUT2D eigenvalue weighted by Crippen LogP contribution is 2.21. The molecule has 1 atom stereocenters. The second kappa shape index (κ2) is 8.10. The molecular weight excluding hydrogens is 324 g/mol. The Morgan fingerprint density at radius 3 is 3.08 bits per heavy atom. The molecule has 0 aromatic carbocycles. The molecule has 7 heteroatoms. The van der Waals surface area contributed by atoms with E-state index >= 15 is 0 Å². The summed E-state index contributed by atoms with van der Waals surface area (Å²) in [5, 5.41) is 10.8. The first kappa shape index (κ1) is 16.7. The topological polar surface area (TPSA) is 67.2 Å². The molecule has 6 nitrogen and oxygen atoms in total. The van der Waals surface area contributed by atoms with Gasteiger partial charge in [-0.15, -0.1) is 0 Å². The lowest BCUT2D eigenvalue weighted by molar-refractivity contribution is -0.133. The van der Waals surface area contributed by atoms with Crippen LogP contribution in [-0.4, -0.2) is 46.1 Å². The fraction of sp³-hybridized carbons (Fsp3) is 0.471. The van der Waals surface area contributed by atoms with Crippen LogP contribution in [0.5, 0.6) is 0 Å². The van der Waals surface area contributed by atoms with Gasteiger partial charge in [0.1, 0.15) is 0 Å². The minimum Gasteiger partial charge on any atom is -0.352 e. The van der Waals surface area contributed by atoms with Gasteiger partial charge in [-0.3, -0.25) is 14.3 Å². The summed E-state index contributed by atoms with van der Waals surface area (Å²) in [7, 11) is 0. The predicted octanol–water partition coefficient (Wildman–Crippen LogP) is 2.32. The number of amides is 2. The maximum absolute atomic E-state index is 12.4. The first-order chi connectivity index (χ1) is 11.7. The van der Waals surface area contributed by atoms with Gasteiger partial charge in [0.05, 0.1) is 6.04 Å². The van der Waals surface area contributed by atoms with Crippen LogP contribution >= 0.6 is 11.3 Å². The van der Waals surface area contributed by atoms with Crippen molar-refractivity contribution in [1.29, 1.82) is 0 Å². The van der Waals surface area contributed by atoms with E-state index in [4.69, 9.17) is 0 Å². The Balaban J connectivity index is 1.39. The predicted molar refractivity (Wildman–Crippen MR) is 93.0 cm³/mol. The van der Waals surface area contributed by atoms with E-state index in [0.717, 1.165) is 25.9 Å². The first-order valence-corrected chi connectivity index (χ1v) is 9.25. The number of nitrogens with zero attached hydrogens (tertiary/aromatic N) is 3. The molecule has 1 aliphatic heterocycles. The van der Waals surface area contributed by atoms with Crippen LogP contribution in [-0.2, 0) is 4.79 Å². The fourth-order valence-corrected chi connectivity index (χ4v) is 3.63. The number of hydrogen-bond acceptors (Lipinski definition) is 4. The Bertz CT molecular complexity index is 654. The summed E-state index contributed by atoms with van der Waals surface area (Å²) in [5.74, 6) is 0.0945. The zero-order valence-corrected chi connectivity index (χ0v) is 14.4. The number of piperidine rings is 1. The van der Waals surface area contributed by atoms with Gasteiger partial charge in [0.25, 0.3) is 5.91 Å². The fourth-order valence-electron chi connectivity index (χ4n) is 2.99. The van der Waals surface area contributed by atoms with Crippen molar-refractivity contribution in [3.63, 3.8) is 0 Å². The van der Waals surface area contributed by atoms with Gasteiger partial charge in [-0.05, 0) is 36.8 Å². The summed E-state index contributed by atoms with van der Waals surface area (Å²) in [6.07, 6.45) is 6.93. The number of hydrogen-bond donors (Lipinski definition) is 1. The van der Waals surface area contributed by atoms with Crippen molar-refractivity contribution >= 4 is 23.2 Å². The zero-order valence-electron chi connectivity index (χ0n) is 13.6. The van der Waals surface area contributed by atoms with Gasteiger partial charge < -0.3 is 10.2 Å². The third-order valence-electron chi connectivity index (χ3n) is 4.28. The largest absolute Gasteiger partial charge is 0.352 e. The summed E-state index contributed by atoms with van der Waals surface area (Å²) < 4.78 is 1.94. The van der Waals surface area contributed by atoms with Crippen LogP contribution in [0.3, 0.4) is 0 Å². The molecule has 0 bridgehead atoms. The molecule has 128 valence electrons. The van der Waals surface area contributed by atoms with E-state index in [-0.39, 0.29) is 17.9 Å². The Kier molecular flexibility index (Phi) is 5.63. The molecule has 0 spiro atoms. The normalized spacial score (nSPS) is 17.7. The molecule has 1 saturated heterocycles. The van der Waals surface area contributed by atoms with Crippen molar-refractivity contribution in [1.82, 2.24) is 20.0 Å². The van der Waals surface area contributed by atoms with Crippen LogP contribution in [0, 0.1) is 0 Å². The van der Waals surface area contributed by atoms with Crippen LogP contribution in [0.2, 0.25) is 0 Å². The van der Waals surface area contributed by atoms with Gasteiger partial charge in [0.2, 0.25) is 5.91 Å². The molecule has 0 radical (unpaired) electrons. The molecule has 2 aromatic heterocycles. The SMILES string of the molecule is O=C(NCCCC(=O)N1CCCC(n2cccn2)C1)c1ccsc1. The highest BCUT2D eigenvalue weighted by atomic mass is 32.1. The average molecular weight is 346 g/mol. The quantitative estimate of drug-likeness (QED) is 0.816. The van der Waals surface area contributed by atoms with Crippen LogP contribution in [0.1, 0.15) is 42.1 Å². The lowest BCUT2D eigenvalue weighted by atomic mass is 10.1. The molecule has 1 unspecified atom stereocenters. The van der Waals surface area contributed by atoms with E-state index in [1.54, 1.807) is 12.3 Å². The Morgan fingerprint density at radius 2 is 2.33 bits per heavy atom. The van der Waals surface area contributed by atoms with Crippen LogP contribution in [0.4, 0.5) is 0 Å². The summed E-state index contributed by atoms with van der Waals surface area (Å²) >= 11 is 1.50. The minimum atomic E-state index is -0.0691. The van der Waals surface area contributed by atoms with Crippen LogP contribution in [0.15, 0.2) is 35.3 Å². The molecule has 2 amide bonds. The molecule has 0 saturated carbocycles. The number of likely N-dealkylation sites (tertiary alicyclic amines) is 1. The highest BCUT2D eigenvalue weighted by molar-refractivity contribution is 7.08. The van der Waals surface area contributed by atoms with Crippen molar-refractivity contribution in [2.75, 3.05) is 19.6 Å². The zero-order chi connectivity index (χ0) is 16.8. The van der Waals surface area contributed by atoms with Gasteiger partial charge in [0.15, 0.2) is 0 Å². The molecule has 1 N–H and O–H groups in total. The number of carbonyl (C=O) groups excluding carboxylic acids is 2. The molecular formula is C17H22N4O2S. The van der Waals surface area contributed by atoms with Gasteiger partial charge in [-0.1, -0.05) is 0 Å². The van der Waals surface area contributed by atoms with E-state index in [9.17, 15) is 9.59 Å². The Morgan fingerprint density at radius 1 is 1.42 bits per heavy atom. The second-order valence-electron chi connectivity index (χ2n) is 5.99. The van der Waals surface area contributed by atoms with Gasteiger partial charge in [0, 0.05) is 49.4 Å². The summed E-state index contributed by atoms with van der Waals surface area (Å²) in [4.78, 5) is 26.1. The molecule has 1 fully saturated rings. The van der Waals surface area contributed by atoms with Crippen LogP contribution in [0.25, 0.3) is 0 Å². The number of thiophene rings is 1. The van der Waals surface area contributed by atoms with Crippen molar-refractivity contribution in [3.05, 3.63) is 40.8 Å². The van der Waals surface area contributed by atoms with E-state index in [2.05, 4.69) is 10.4 Å². The molecule has 3 heterocycles. The van der Waals surface area contributed by atoms with Gasteiger partial charge in [-0.25, -0.2) is 0 Å². The van der Waals surface area contributed by atoms with Gasteiger partial charge >= 0.3 is 0 Å². The van der Waals surface area contributed by atoms with E-state index in [1.807, 2.05) is 32.6 Å². The highest BCUT2D eigenvalue weighted by Gasteiger charge is 2.24. The second-order valence-corrected chi connectivity index (χ2v) is 6.77. The molecule has 24 heavy (non-hydrogen) atoms. The number of carbonyl (C=O) groups is 2. The van der Waals surface area contributed by atoms with E-state index in [0.29, 0.717) is 24.9 Å². The molecule has 2 aromatic rings. The van der Waals surface area contributed by atoms with E-state index < -0.39 is 0 Å². The van der Waals surface area contributed by atoms with Crippen molar-refractivity contribution < 1.29 is 9.59 Å². The van der Waals surface area contributed by atoms with E-state index in [1.165, 1.54) is 11.3 Å². The third-order valence-corrected chi connectivity index (χ3v) is 4.97. The van der Waals surface area contributed by atoms with Crippen LogP contribution < -0.4 is 5.32 Å². The average Bonchev–Trinajstić information content (AvgIpc) is 3.32. The van der Waals surface area contributed by atoms with Crippen molar-refractivity contribution in [2.45, 2.75) is 31.7 Å². The first-order valence-electron chi connectivity index (χ1n) is 8.31. The number of rotatable bonds is 6. The van der Waals surface area contributed by atoms with Crippen molar-refractivity contribution in [2.24, 2.45) is 0 Å². The lowest BCUT2D eigenvalue weighted by Crippen LogP contribution is -2.41. The van der Waals surface area contributed by atoms with Gasteiger partial charge in [-0.2, -0.15) is 16.4 Å². The molecule has 3 rings (SSSR count). The number of nitrogens with one attached hydrogen (secondary N) is 1. The smallest absolute Gasteiger partial charge is 0.252 e. The maximum Gasteiger partial charge on any atom is 0.252 e. The Hall–Kier alpha value is -2.15. The molecule has 0 aliphatic carbocycles. The number of aromatic nitrogens is 2. The maximum atomic E-state index is 12.4. The standard InChI is InChI=1S/C17H22N4O2S/c22-16(5-1-7-18-17(23)14-6-11-24-13-14)20-9-2-4-15(12-20)21-10-3-8-19-21/h3,6,8,10-11,13,15H,1-2,4-5,7,9,12H2,(H,18,23). The third kappa shape index (κ3) is 4.23. The molecule has 1 aliphatic rings. The summed E-state index contributed by atoms with van der Waals surface area (Å²) in [5.41, 5.74) is 0.685.